The summed E-state index contributed by atoms with van der Waals surface area (Å²) < 4.78 is 0. The van der Waals surface area contributed by atoms with E-state index in [2.05, 4.69) is 5.32 Å². The largest absolute Gasteiger partial charge is 0.394 e. The number of thioether (sulfide) groups is 2. The molecule has 2 aliphatic heterocycles. The monoisotopic (exact) mass is 435 g/mol. The van der Waals surface area contributed by atoms with E-state index in [1.165, 1.54) is 40.2 Å². The van der Waals surface area contributed by atoms with Crippen molar-refractivity contribution in [3.63, 3.8) is 0 Å². The van der Waals surface area contributed by atoms with Crippen molar-refractivity contribution in [2.24, 2.45) is 11.5 Å². The minimum absolute atomic E-state index is 0.239. The van der Waals surface area contributed by atoms with Crippen LogP contribution in [0.1, 0.15) is 6.92 Å². The summed E-state index contributed by atoms with van der Waals surface area (Å²) in [5.74, 6) is -1.32. The number of nitrogens with zero attached hydrogens (tertiary/aromatic N) is 2. The van der Waals surface area contributed by atoms with Gasteiger partial charge in [0.1, 0.15) is 24.2 Å². The van der Waals surface area contributed by atoms with E-state index in [-0.39, 0.29) is 11.8 Å². The normalized spacial score (nSPS) is 25.3. The van der Waals surface area contributed by atoms with Crippen LogP contribution in [0.2, 0.25) is 0 Å². The molecule has 2 rings (SSSR count). The molecule has 0 bridgehead atoms. The second-order valence-electron chi connectivity index (χ2n) is 6.56. The first-order valence-corrected chi connectivity index (χ1v) is 10.9. The molecule has 0 aromatic heterocycles. The van der Waals surface area contributed by atoms with Gasteiger partial charge >= 0.3 is 0 Å². The van der Waals surface area contributed by atoms with Crippen LogP contribution in [0.5, 0.6) is 0 Å². The highest BCUT2D eigenvalue weighted by molar-refractivity contribution is 7.99. The number of carbonyl (C=O) groups excluding carboxylic acids is 4. The standard InChI is InChI=1S/C15H25N5O6S2/c1-7(22)11(17)15(26)20-6-28-4-10(20)14(25)19-5-27-3-9(19)13(24)18-12(23)8(16)2-21/h7-11,21-22H,2-6,16-17H2,1H3,(H,18,23,24)/t7-,8+,9+,10+,11+/m1/s1. The number of carbonyl (C=O) groups is 4. The molecule has 2 fully saturated rings. The molecule has 4 amide bonds. The first kappa shape index (κ1) is 22.9. The number of aliphatic hydroxyl groups is 2. The van der Waals surface area contributed by atoms with Gasteiger partial charge in [-0.1, -0.05) is 0 Å². The quantitative estimate of drug-likeness (QED) is 0.280. The van der Waals surface area contributed by atoms with E-state index in [0.717, 1.165) is 0 Å². The first-order chi connectivity index (χ1) is 13.2. The maximum absolute atomic E-state index is 13.0. The van der Waals surface area contributed by atoms with E-state index < -0.39 is 60.5 Å². The molecule has 158 valence electrons. The Labute approximate surface area is 170 Å². The third-order valence-corrected chi connectivity index (χ3v) is 6.53. The summed E-state index contributed by atoms with van der Waals surface area (Å²) in [7, 11) is 0. The molecule has 11 nitrogen and oxygen atoms in total. The Morgan fingerprint density at radius 3 is 2.25 bits per heavy atom. The summed E-state index contributed by atoms with van der Waals surface area (Å²) in [5.41, 5.74) is 11.1. The van der Waals surface area contributed by atoms with Gasteiger partial charge in [-0.05, 0) is 6.92 Å². The van der Waals surface area contributed by atoms with E-state index in [0.29, 0.717) is 11.5 Å². The summed E-state index contributed by atoms with van der Waals surface area (Å²) in [4.78, 5) is 52.3. The number of hydrogen-bond acceptors (Lipinski definition) is 10. The number of hydrogen-bond donors (Lipinski definition) is 5. The van der Waals surface area contributed by atoms with E-state index in [9.17, 15) is 24.3 Å². The van der Waals surface area contributed by atoms with Crippen molar-refractivity contribution in [2.75, 3.05) is 29.9 Å². The van der Waals surface area contributed by atoms with Gasteiger partial charge in [0.2, 0.25) is 23.6 Å². The van der Waals surface area contributed by atoms with Gasteiger partial charge in [0.15, 0.2) is 0 Å². The SMILES string of the molecule is C[C@@H](O)[C@H](N)C(=O)N1CSC[C@H]1C(=O)N1CSC[C@H]1C(=O)NC(=O)[C@@H](N)CO. The minimum Gasteiger partial charge on any atom is -0.394 e. The van der Waals surface area contributed by atoms with Crippen LogP contribution in [-0.2, 0) is 19.2 Å². The fourth-order valence-electron chi connectivity index (χ4n) is 2.71. The fourth-order valence-corrected chi connectivity index (χ4v) is 5.03. The molecule has 2 saturated heterocycles. The molecule has 0 aromatic carbocycles. The van der Waals surface area contributed by atoms with E-state index in [1.807, 2.05) is 0 Å². The lowest BCUT2D eigenvalue weighted by molar-refractivity contribution is -0.147. The van der Waals surface area contributed by atoms with Crippen LogP contribution < -0.4 is 16.8 Å². The summed E-state index contributed by atoms with van der Waals surface area (Å²) in [5, 5.41) is 20.6. The molecule has 13 heteroatoms. The average molecular weight is 436 g/mol. The lowest BCUT2D eigenvalue weighted by atomic mass is 10.1. The maximum atomic E-state index is 13.0. The maximum Gasteiger partial charge on any atom is 0.250 e. The zero-order valence-electron chi connectivity index (χ0n) is 15.3. The van der Waals surface area contributed by atoms with Crippen molar-refractivity contribution in [1.82, 2.24) is 15.1 Å². The number of nitrogens with one attached hydrogen (secondary N) is 1. The molecule has 28 heavy (non-hydrogen) atoms. The van der Waals surface area contributed by atoms with Crippen LogP contribution in [0.25, 0.3) is 0 Å². The van der Waals surface area contributed by atoms with Gasteiger partial charge < -0.3 is 31.5 Å². The zero-order chi connectivity index (χ0) is 21.0. The summed E-state index contributed by atoms with van der Waals surface area (Å²) in [6, 6.07) is -4.06. The Balaban J connectivity index is 2.08. The molecular formula is C15H25N5O6S2. The van der Waals surface area contributed by atoms with Crippen molar-refractivity contribution in [3.05, 3.63) is 0 Å². The molecule has 7 N–H and O–H groups in total. The third-order valence-electron chi connectivity index (χ3n) is 4.50. The number of aliphatic hydroxyl groups excluding tert-OH is 2. The zero-order valence-corrected chi connectivity index (χ0v) is 16.9. The molecule has 0 radical (unpaired) electrons. The van der Waals surface area contributed by atoms with Crippen molar-refractivity contribution < 1.29 is 29.4 Å². The fraction of sp³-hybridized carbons (Fsp3) is 0.733. The van der Waals surface area contributed by atoms with Gasteiger partial charge in [0, 0.05) is 11.5 Å². The van der Waals surface area contributed by atoms with Crippen LogP contribution >= 0.6 is 23.5 Å². The van der Waals surface area contributed by atoms with Crippen LogP contribution in [0, 0.1) is 0 Å². The second kappa shape index (κ2) is 9.89. The molecule has 0 aliphatic carbocycles. The van der Waals surface area contributed by atoms with Crippen LogP contribution in [-0.4, -0.2) is 104 Å². The highest BCUT2D eigenvalue weighted by Gasteiger charge is 2.44. The van der Waals surface area contributed by atoms with E-state index in [4.69, 9.17) is 16.6 Å². The number of amides is 4. The summed E-state index contributed by atoms with van der Waals surface area (Å²) in [6.07, 6.45) is -1.06. The molecular weight excluding hydrogens is 410 g/mol. The highest BCUT2D eigenvalue weighted by Crippen LogP contribution is 2.28. The Bertz CT molecular complexity index is 636. The van der Waals surface area contributed by atoms with Gasteiger partial charge in [-0.25, -0.2) is 0 Å². The lowest BCUT2D eigenvalue weighted by Crippen LogP contribution is -2.58. The van der Waals surface area contributed by atoms with Crippen molar-refractivity contribution in [1.29, 1.82) is 0 Å². The Kier molecular flexibility index (Phi) is 8.09. The Morgan fingerprint density at radius 1 is 1.11 bits per heavy atom. The molecule has 0 aromatic rings. The van der Waals surface area contributed by atoms with Gasteiger partial charge in [0.25, 0.3) is 0 Å². The van der Waals surface area contributed by atoms with Crippen molar-refractivity contribution >= 4 is 47.2 Å². The predicted molar refractivity (Wildman–Crippen MR) is 104 cm³/mol. The van der Waals surface area contributed by atoms with Crippen LogP contribution in [0.3, 0.4) is 0 Å². The summed E-state index contributed by atoms with van der Waals surface area (Å²) >= 11 is 2.72. The van der Waals surface area contributed by atoms with E-state index >= 15 is 0 Å². The number of imide groups is 1. The molecule has 2 aliphatic rings. The predicted octanol–water partition coefficient (Wildman–Crippen LogP) is -3.54. The minimum atomic E-state index is -1.23. The third kappa shape index (κ3) is 4.96. The van der Waals surface area contributed by atoms with E-state index in [1.54, 1.807) is 0 Å². The molecule has 0 saturated carbocycles. The van der Waals surface area contributed by atoms with Crippen LogP contribution in [0.4, 0.5) is 0 Å². The smallest absolute Gasteiger partial charge is 0.250 e. The van der Waals surface area contributed by atoms with Gasteiger partial charge in [-0.2, -0.15) is 0 Å². The molecule has 5 atom stereocenters. The molecule has 2 heterocycles. The number of rotatable bonds is 6. The van der Waals surface area contributed by atoms with Gasteiger partial charge in [-0.15, -0.1) is 23.5 Å². The Hall–Kier alpha value is -1.38. The topological polar surface area (TPSA) is 179 Å². The lowest BCUT2D eigenvalue weighted by Gasteiger charge is -2.31. The van der Waals surface area contributed by atoms with Crippen molar-refractivity contribution in [2.45, 2.75) is 37.2 Å². The molecule has 0 unspecified atom stereocenters. The Morgan fingerprint density at radius 2 is 1.68 bits per heavy atom. The first-order valence-electron chi connectivity index (χ1n) is 8.60. The number of nitrogens with two attached hydrogens (primary N) is 2. The average Bonchev–Trinajstić information content (AvgIpc) is 3.34. The summed E-state index contributed by atoms with van der Waals surface area (Å²) in [6.45, 7) is 0.787. The van der Waals surface area contributed by atoms with Gasteiger partial charge in [0.05, 0.1) is 24.5 Å². The second-order valence-corrected chi connectivity index (χ2v) is 8.56. The molecule has 0 spiro atoms. The van der Waals surface area contributed by atoms with Crippen LogP contribution in [0.15, 0.2) is 0 Å². The highest BCUT2D eigenvalue weighted by atomic mass is 32.2. The van der Waals surface area contributed by atoms with Gasteiger partial charge in [-0.3, -0.25) is 24.5 Å². The van der Waals surface area contributed by atoms with Crippen molar-refractivity contribution in [3.8, 4) is 0 Å².